The molecule has 20 heavy (non-hydrogen) atoms. The number of rotatable bonds is 3. The second-order valence-electron chi connectivity index (χ2n) is 9.40. The summed E-state index contributed by atoms with van der Waals surface area (Å²) in [4.78, 5) is 0. The molecule has 2 N–H and O–H groups in total. The lowest BCUT2D eigenvalue weighted by Crippen LogP contribution is -2.50. The minimum Gasteiger partial charge on any atom is -0.389 e. The lowest BCUT2D eigenvalue weighted by atomic mass is 9.63. The molecule has 0 aromatic rings. The van der Waals surface area contributed by atoms with Crippen LogP contribution >= 0.6 is 0 Å². The van der Waals surface area contributed by atoms with E-state index >= 15 is 0 Å². The first-order chi connectivity index (χ1) is 9.09. The summed E-state index contributed by atoms with van der Waals surface area (Å²) in [6.45, 7) is 12.6. The lowest BCUT2D eigenvalue weighted by molar-refractivity contribution is -0.0146. The highest BCUT2D eigenvalue weighted by molar-refractivity contribution is 4.94. The predicted molar refractivity (Wildman–Crippen MR) is 85.8 cm³/mol. The van der Waals surface area contributed by atoms with Crippen molar-refractivity contribution < 1.29 is 5.11 Å². The van der Waals surface area contributed by atoms with E-state index < -0.39 is 5.60 Å². The molecular formula is C18H35NO. The fraction of sp³-hybridized carbons (Fsp3) is 1.00. The van der Waals surface area contributed by atoms with Gasteiger partial charge in [0.25, 0.3) is 0 Å². The maximum Gasteiger partial charge on any atom is 0.0771 e. The maximum absolute atomic E-state index is 10.7. The van der Waals surface area contributed by atoms with Crippen LogP contribution in [0.25, 0.3) is 0 Å². The SMILES string of the molecule is CC1CCC(O)(CNC2CC(C)(C)CC(C)(C)C2)CC1. The van der Waals surface area contributed by atoms with Crippen LogP contribution in [-0.2, 0) is 0 Å². The second-order valence-corrected chi connectivity index (χ2v) is 9.40. The molecule has 0 aromatic heterocycles. The molecule has 0 atom stereocenters. The third-order valence-corrected chi connectivity index (χ3v) is 5.48. The molecule has 0 aliphatic heterocycles. The van der Waals surface area contributed by atoms with Crippen molar-refractivity contribution in [3.8, 4) is 0 Å². The van der Waals surface area contributed by atoms with Crippen molar-refractivity contribution in [2.45, 2.75) is 91.2 Å². The molecule has 2 fully saturated rings. The summed E-state index contributed by atoms with van der Waals surface area (Å²) in [7, 11) is 0. The van der Waals surface area contributed by atoms with Crippen LogP contribution in [0.2, 0.25) is 0 Å². The average Bonchev–Trinajstić information content (AvgIpc) is 2.27. The van der Waals surface area contributed by atoms with Gasteiger partial charge in [-0.15, -0.1) is 0 Å². The summed E-state index contributed by atoms with van der Waals surface area (Å²) < 4.78 is 0. The van der Waals surface area contributed by atoms with Gasteiger partial charge < -0.3 is 10.4 Å². The standard InChI is InChI=1S/C18H35NO/c1-14-6-8-18(20,9-7-14)13-19-15-10-16(2,3)12-17(4,5)11-15/h14-15,19-20H,6-13H2,1-5H3. The highest BCUT2D eigenvalue weighted by atomic mass is 16.3. The van der Waals surface area contributed by atoms with Crippen LogP contribution in [0, 0.1) is 16.7 Å². The van der Waals surface area contributed by atoms with Crippen molar-refractivity contribution in [1.29, 1.82) is 0 Å². The predicted octanol–water partition coefficient (Wildman–Crippen LogP) is 4.12. The topological polar surface area (TPSA) is 32.3 Å². The first-order valence-electron chi connectivity index (χ1n) is 8.55. The maximum atomic E-state index is 10.7. The van der Waals surface area contributed by atoms with Gasteiger partial charge in [-0.1, -0.05) is 34.6 Å². The number of hydrogen-bond donors (Lipinski definition) is 2. The monoisotopic (exact) mass is 281 g/mol. The lowest BCUT2D eigenvalue weighted by Gasteiger charge is -2.46. The second kappa shape index (κ2) is 5.61. The van der Waals surface area contributed by atoms with Gasteiger partial charge in [0.05, 0.1) is 5.60 Å². The third kappa shape index (κ3) is 4.46. The molecule has 0 spiro atoms. The van der Waals surface area contributed by atoms with Crippen LogP contribution in [0.3, 0.4) is 0 Å². The van der Waals surface area contributed by atoms with Crippen molar-refractivity contribution in [3.05, 3.63) is 0 Å². The molecule has 2 heteroatoms. The van der Waals surface area contributed by atoms with E-state index in [0.29, 0.717) is 16.9 Å². The molecule has 0 heterocycles. The van der Waals surface area contributed by atoms with Crippen LogP contribution < -0.4 is 5.32 Å². The Hall–Kier alpha value is -0.0800. The van der Waals surface area contributed by atoms with Crippen molar-refractivity contribution >= 4 is 0 Å². The van der Waals surface area contributed by atoms with Crippen LogP contribution in [0.15, 0.2) is 0 Å². The zero-order valence-corrected chi connectivity index (χ0v) is 14.3. The summed E-state index contributed by atoms with van der Waals surface area (Å²) in [5.41, 5.74) is 0.393. The third-order valence-electron chi connectivity index (χ3n) is 5.48. The fourth-order valence-corrected chi connectivity index (χ4v) is 4.80. The number of aliphatic hydroxyl groups is 1. The largest absolute Gasteiger partial charge is 0.389 e. The highest BCUT2D eigenvalue weighted by Gasteiger charge is 2.39. The van der Waals surface area contributed by atoms with E-state index in [4.69, 9.17) is 0 Å². The van der Waals surface area contributed by atoms with Gasteiger partial charge in [0.15, 0.2) is 0 Å². The Bertz CT molecular complexity index is 310. The van der Waals surface area contributed by atoms with Gasteiger partial charge in [-0.25, -0.2) is 0 Å². The van der Waals surface area contributed by atoms with Crippen LogP contribution in [0.4, 0.5) is 0 Å². The van der Waals surface area contributed by atoms with Gasteiger partial charge in [0, 0.05) is 12.6 Å². The molecule has 2 aliphatic carbocycles. The van der Waals surface area contributed by atoms with Crippen molar-refractivity contribution in [2.24, 2.45) is 16.7 Å². The molecule has 118 valence electrons. The van der Waals surface area contributed by atoms with Crippen LogP contribution in [-0.4, -0.2) is 23.3 Å². The van der Waals surface area contributed by atoms with Gasteiger partial charge in [-0.3, -0.25) is 0 Å². The minimum atomic E-state index is -0.446. The number of hydrogen-bond acceptors (Lipinski definition) is 2. The molecule has 0 amide bonds. The molecule has 2 saturated carbocycles. The Morgan fingerprint density at radius 2 is 1.50 bits per heavy atom. The van der Waals surface area contributed by atoms with E-state index in [2.05, 4.69) is 39.9 Å². The highest BCUT2D eigenvalue weighted by Crippen LogP contribution is 2.45. The number of nitrogens with one attached hydrogen (secondary N) is 1. The zero-order valence-electron chi connectivity index (χ0n) is 14.3. The van der Waals surface area contributed by atoms with Gasteiger partial charge in [-0.2, -0.15) is 0 Å². The minimum absolute atomic E-state index is 0.420. The summed E-state index contributed by atoms with van der Waals surface area (Å²) in [5.74, 6) is 0.794. The summed E-state index contributed by atoms with van der Waals surface area (Å²) in [5, 5.41) is 14.4. The molecule has 0 radical (unpaired) electrons. The van der Waals surface area contributed by atoms with Crippen molar-refractivity contribution in [3.63, 3.8) is 0 Å². The van der Waals surface area contributed by atoms with E-state index in [9.17, 15) is 5.11 Å². The quantitative estimate of drug-likeness (QED) is 0.815. The molecule has 2 rings (SSSR count). The summed E-state index contributed by atoms with van der Waals surface area (Å²) in [6.07, 6.45) is 8.09. The van der Waals surface area contributed by atoms with Gasteiger partial charge in [0.2, 0.25) is 0 Å². The van der Waals surface area contributed by atoms with Crippen molar-refractivity contribution in [2.75, 3.05) is 6.54 Å². The van der Waals surface area contributed by atoms with E-state index in [1.807, 2.05) is 0 Å². The molecular weight excluding hydrogens is 246 g/mol. The van der Waals surface area contributed by atoms with E-state index in [1.54, 1.807) is 0 Å². The molecule has 0 saturated heterocycles. The molecule has 0 bridgehead atoms. The fourth-order valence-electron chi connectivity index (χ4n) is 4.80. The summed E-state index contributed by atoms with van der Waals surface area (Å²) >= 11 is 0. The molecule has 2 nitrogen and oxygen atoms in total. The molecule has 2 aliphatic rings. The first kappa shape index (κ1) is 16.3. The van der Waals surface area contributed by atoms with Crippen LogP contribution in [0.5, 0.6) is 0 Å². The van der Waals surface area contributed by atoms with Crippen LogP contribution in [0.1, 0.15) is 79.6 Å². The van der Waals surface area contributed by atoms with E-state index in [-0.39, 0.29) is 0 Å². The molecule has 0 aromatic carbocycles. The smallest absolute Gasteiger partial charge is 0.0771 e. The molecule has 0 unspecified atom stereocenters. The van der Waals surface area contributed by atoms with Gasteiger partial charge in [0.1, 0.15) is 0 Å². The first-order valence-corrected chi connectivity index (χ1v) is 8.55. The average molecular weight is 281 g/mol. The van der Waals surface area contributed by atoms with E-state index in [0.717, 1.165) is 25.3 Å². The Morgan fingerprint density at radius 1 is 1.00 bits per heavy atom. The van der Waals surface area contributed by atoms with Crippen molar-refractivity contribution in [1.82, 2.24) is 5.32 Å². The normalized spacial score (nSPS) is 37.8. The van der Waals surface area contributed by atoms with Gasteiger partial charge in [-0.05, 0) is 61.7 Å². The Kier molecular flexibility index (Phi) is 4.57. The summed E-state index contributed by atoms with van der Waals surface area (Å²) in [6, 6.07) is 0.567. The zero-order chi connectivity index (χ0) is 15.0. The Morgan fingerprint density at radius 3 is 2.00 bits per heavy atom. The Balaban J connectivity index is 1.87. The Labute approximate surface area is 125 Å². The van der Waals surface area contributed by atoms with E-state index in [1.165, 1.54) is 32.1 Å². The van der Waals surface area contributed by atoms with Gasteiger partial charge >= 0.3 is 0 Å².